The third-order valence-corrected chi connectivity index (χ3v) is 2.33. The fourth-order valence-corrected chi connectivity index (χ4v) is 1.75. The van der Waals surface area contributed by atoms with Crippen LogP contribution in [0.25, 0.3) is 0 Å². The standard InChI is InChI=1S/C8H10FNO3S/c1-13-8-4-2-3-7(9)6(8)5-14(10,11)12/h2-4H,5H2,1H3,(H2,10,11,12). The molecule has 78 valence electrons. The summed E-state index contributed by atoms with van der Waals surface area (Å²) >= 11 is 0. The Hall–Kier alpha value is -1.14. The molecule has 0 heterocycles. The monoisotopic (exact) mass is 219 g/mol. The third kappa shape index (κ3) is 2.68. The topological polar surface area (TPSA) is 69.4 Å². The minimum absolute atomic E-state index is 0.0440. The molecule has 14 heavy (non-hydrogen) atoms. The number of hydrogen-bond donors (Lipinski definition) is 1. The maximum atomic E-state index is 13.2. The molecule has 0 fully saturated rings. The van der Waals surface area contributed by atoms with Gasteiger partial charge in [-0.3, -0.25) is 0 Å². The van der Waals surface area contributed by atoms with Gasteiger partial charge in [0.05, 0.1) is 12.9 Å². The van der Waals surface area contributed by atoms with Gasteiger partial charge in [0.15, 0.2) is 0 Å². The predicted molar refractivity (Wildman–Crippen MR) is 49.8 cm³/mol. The fraction of sp³-hybridized carbons (Fsp3) is 0.250. The first kappa shape index (κ1) is 10.9. The van der Waals surface area contributed by atoms with E-state index in [-0.39, 0.29) is 11.3 Å². The summed E-state index contributed by atoms with van der Waals surface area (Å²) in [5.41, 5.74) is -0.0440. The van der Waals surface area contributed by atoms with Crippen LogP contribution in [0, 0.1) is 5.82 Å². The molecule has 0 aliphatic rings. The lowest BCUT2D eigenvalue weighted by Crippen LogP contribution is -2.16. The van der Waals surface area contributed by atoms with E-state index in [0.717, 1.165) is 6.07 Å². The summed E-state index contributed by atoms with van der Waals surface area (Å²) in [5, 5.41) is 4.81. The number of benzene rings is 1. The van der Waals surface area contributed by atoms with E-state index >= 15 is 0 Å². The van der Waals surface area contributed by atoms with Crippen LogP contribution in [0.15, 0.2) is 18.2 Å². The fourth-order valence-electron chi connectivity index (χ4n) is 1.07. The van der Waals surface area contributed by atoms with Crippen LogP contribution in [0.4, 0.5) is 4.39 Å². The first-order chi connectivity index (χ1) is 6.44. The van der Waals surface area contributed by atoms with Crippen molar-refractivity contribution < 1.29 is 17.5 Å². The largest absolute Gasteiger partial charge is 0.496 e. The summed E-state index contributed by atoms with van der Waals surface area (Å²) in [7, 11) is -2.42. The van der Waals surface area contributed by atoms with Crippen LogP contribution >= 0.6 is 0 Å². The Kier molecular flexibility index (Phi) is 3.07. The van der Waals surface area contributed by atoms with Gasteiger partial charge >= 0.3 is 0 Å². The number of hydrogen-bond acceptors (Lipinski definition) is 3. The molecule has 0 unspecified atom stereocenters. The maximum Gasteiger partial charge on any atom is 0.213 e. The summed E-state index contributed by atoms with van der Waals surface area (Å²) in [5.74, 6) is -1.03. The Morgan fingerprint density at radius 2 is 2.14 bits per heavy atom. The molecule has 0 saturated heterocycles. The second kappa shape index (κ2) is 3.93. The molecule has 0 radical (unpaired) electrons. The zero-order chi connectivity index (χ0) is 10.8. The highest BCUT2D eigenvalue weighted by atomic mass is 32.2. The average molecular weight is 219 g/mol. The number of primary sulfonamides is 1. The quantitative estimate of drug-likeness (QED) is 0.810. The number of sulfonamides is 1. The molecule has 2 N–H and O–H groups in total. The molecule has 1 aromatic carbocycles. The van der Waals surface area contributed by atoms with E-state index in [4.69, 9.17) is 9.88 Å². The number of halogens is 1. The van der Waals surface area contributed by atoms with Crippen molar-refractivity contribution in [1.82, 2.24) is 0 Å². The summed E-state index contributed by atoms with van der Waals surface area (Å²) < 4.78 is 39.5. The molecule has 0 spiro atoms. The van der Waals surface area contributed by atoms with E-state index in [2.05, 4.69) is 0 Å². The van der Waals surface area contributed by atoms with Crippen LogP contribution < -0.4 is 9.88 Å². The Labute approximate surface area is 81.5 Å². The Morgan fingerprint density at radius 3 is 2.64 bits per heavy atom. The van der Waals surface area contributed by atoms with Crippen molar-refractivity contribution in [2.24, 2.45) is 5.14 Å². The van der Waals surface area contributed by atoms with Crippen LogP contribution in [0.1, 0.15) is 5.56 Å². The lowest BCUT2D eigenvalue weighted by atomic mass is 10.2. The van der Waals surface area contributed by atoms with E-state index < -0.39 is 21.6 Å². The lowest BCUT2D eigenvalue weighted by Gasteiger charge is -2.07. The molecule has 0 aliphatic heterocycles. The summed E-state index contributed by atoms with van der Waals surface area (Å²) in [6, 6.07) is 4.06. The molecule has 0 saturated carbocycles. The van der Waals surface area contributed by atoms with Gasteiger partial charge in [-0.05, 0) is 12.1 Å². The zero-order valence-electron chi connectivity index (χ0n) is 7.53. The second-order valence-corrected chi connectivity index (χ2v) is 4.34. The summed E-state index contributed by atoms with van der Waals surface area (Å²) in [4.78, 5) is 0. The molecule has 0 aromatic heterocycles. The number of rotatable bonds is 3. The second-order valence-electron chi connectivity index (χ2n) is 2.73. The molecule has 1 aromatic rings. The van der Waals surface area contributed by atoms with Crippen molar-refractivity contribution in [3.05, 3.63) is 29.6 Å². The van der Waals surface area contributed by atoms with Gasteiger partial charge in [-0.25, -0.2) is 17.9 Å². The summed E-state index contributed by atoms with van der Waals surface area (Å²) in [6.07, 6.45) is 0. The van der Waals surface area contributed by atoms with Gasteiger partial charge < -0.3 is 4.74 Å². The first-order valence-electron chi connectivity index (χ1n) is 3.76. The van der Waals surface area contributed by atoms with Gasteiger partial charge in [-0.1, -0.05) is 6.07 Å². The Bertz CT molecular complexity index is 430. The van der Waals surface area contributed by atoms with Crippen molar-refractivity contribution in [3.8, 4) is 5.75 Å². The van der Waals surface area contributed by atoms with Crippen LogP contribution in [0.3, 0.4) is 0 Å². The van der Waals surface area contributed by atoms with Crippen molar-refractivity contribution >= 4 is 10.0 Å². The van der Waals surface area contributed by atoms with Crippen molar-refractivity contribution in [1.29, 1.82) is 0 Å². The van der Waals surface area contributed by atoms with E-state index in [1.807, 2.05) is 0 Å². The van der Waals surface area contributed by atoms with Gasteiger partial charge in [0.1, 0.15) is 11.6 Å². The highest BCUT2D eigenvalue weighted by Crippen LogP contribution is 2.22. The molecule has 4 nitrogen and oxygen atoms in total. The minimum Gasteiger partial charge on any atom is -0.496 e. The van der Waals surface area contributed by atoms with Crippen LogP contribution in [0.5, 0.6) is 5.75 Å². The van der Waals surface area contributed by atoms with Crippen LogP contribution in [-0.2, 0) is 15.8 Å². The van der Waals surface area contributed by atoms with Gasteiger partial charge in [0, 0.05) is 5.56 Å². The van der Waals surface area contributed by atoms with Crippen molar-refractivity contribution in [2.45, 2.75) is 5.75 Å². The molecule has 1 rings (SSSR count). The third-order valence-electron chi connectivity index (χ3n) is 1.64. The van der Waals surface area contributed by atoms with Gasteiger partial charge in [-0.2, -0.15) is 0 Å². The van der Waals surface area contributed by atoms with Crippen molar-refractivity contribution in [2.75, 3.05) is 7.11 Å². The van der Waals surface area contributed by atoms with E-state index in [1.165, 1.54) is 19.2 Å². The Morgan fingerprint density at radius 1 is 1.50 bits per heavy atom. The maximum absolute atomic E-state index is 13.2. The van der Waals surface area contributed by atoms with Gasteiger partial charge in [0.2, 0.25) is 10.0 Å². The normalized spacial score (nSPS) is 11.4. The molecular formula is C8H10FNO3S. The highest BCUT2D eigenvalue weighted by Gasteiger charge is 2.14. The molecular weight excluding hydrogens is 209 g/mol. The van der Waals surface area contributed by atoms with Crippen LogP contribution in [-0.4, -0.2) is 15.5 Å². The van der Waals surface area contributed by atoms with Gasteiger partial charge in [0.25, 0.3) is 0 Å². The number of ether oxygens (including phenoxy) is 1. The van der Waals surface area contributed by atoms with Gasteiger partial charge in [-0.15, -0.1) is 0 Å². The van der Waals surface area contributed by atoms with E-state index in [1.54, 1.807) is 0 Å². The smallest absolute Gasteiger partial charge is 0.213 e. The molecule has 0 amide bonds. The number of nitrogens with two attached hydrogens (primary N) is 1. The predicted octanol–water partition coefficient (Wildman–Crippen LogP) is 0.623. The average Bonchev–Trinajstić information content (AvgIpc) is 2.06. The van der Waals surface area contributed by atoms with Crippen LogP contribution in [0.2, 0.25) is 0 Å². The van der Waals surface area contributed by atoms with Crippen molar-refractivity contribution in [3.63, 3.8) is 0 Å². The Balaban J connectivity index is 3.18. The lowest BCUT2D eigenvalue weighted by molar-refractivity contribution is 0.406. The molecule has 6 heteroatoms. The molecule has 0 aliphatic carbocycles. The minimum atomic E-state index is -3.75. The summed E-state index contributed by atoms with van der Waals surface area (Å²) in [6.45, 7) is 0. The highest BCUT2D eigenvalue weighted by molar-refractivity contribution is 7.88. The molecule has 0 bridgehead atoms. The molecule has 0 atom stereocenters. The van der Waals surface area contributed by atoms with E-state index in [0.29, 0.717) is 0 Å². The zero-order valence-corrected chi connectivity index (χ0v) is 8.34. The first-order valence-corrected chi connectivity index (χ1v) is 5.47. The number of methoxy groups -OCH3 is 1. The van der Waals surface area contributed by atoms with E-state index in [9.17, 15) is 12.8 Å². The SMILES string of the molecule is COc1cccc(F)c1CS(N)(=O)=O.